The number of aromatic hydroxyl groups is 1. The maximum atomic E-state index is 14.8. The van der Waals surface area contributed by atoms with Crippen molar-refractivity contribution in [2.75, 3.05) is 39.9 Å². The van der Waals surface area contributed by atoms with Gasteiger partial charge in [0.2, 0.25) is 11.8 Å². The van der Waals surface area contributed by atoms with Crippen LogP contribution in [0.4, 0.5) is 0 Å². The number of rotatable bonds is 19. The molecule has 1 aromatic heterocycles. The predicted octanol–water partition coefficient (Wildman–Crippen LogP) is 2.47. The first-order valence-corrected chi connectivity index (χ1v) is 22.0. The van der Waals surface area contributed by atoms with Crippen LogP contribution >= 0.6 is 0 Å². The fraction of sp³-hybridized carbons (Fsp3) is 0.438. The number of ether oxygens (including phenoxy) is 3. The van der Waals surface area contributed by atoms with Crippen molar-refractivity contribution < 1.29 is 58.6 Å². The number of carbonyl (C=O) groups is 5. The Hall–Kier alpha value is -6.51. The van der Waals surface area contributed by atoms with Gasteiger partial charge < -0.3 is 62.1 Å². The molecule has 1 aliphatic heterocycles. The summed E-state index contributed by atoms with van der Waals surface area (Å²) in [6.45, 7) is 5.93. The minimum atomic E-state index is -1.51. The van der Waals surface area contributed by atoms with Crippen molar-refractivity contribution in [1.82, 2.24) is 20.2 Å². The van der Waals surface area contributed by atoms with Crippen LogP contribution in [0.3, 0.4) is 0 Å². The van der Waals surface area contributed by atoms with Crippen LogP contribution in [0.15, 0.2) is 60.8 Å². The molecule has 360 valence electrons. The lowest BCUT2D eigenvalue weighted by atomic mass is 9.88. The molecule has 0 saturated heterocycles. The molecule has 19 nitrogen and oxygen atoms in total. The zero-order valence-corrected chi connectivity index (χ0v) is 38.3. The molecule has 0 saturated carbocycles. The van der Waals surface area contributed by atoms with E-state index in [0.29, 0.717) is 28.4 Å². The Bertz CT molecular complexity index is 2410. The second kappa shape index (κ2) is 23.3. The molecule has 0 radical (unpaired) electrons. The number of Topliss-reactive ketones (excluding diaryl/α,β-unsaturated/α-hetero) is 2. The number of aryl methyl sites for hydroxylation is 1. The van der Waals surface area contributed by atoms with Gasteiger partial charge in [-0.15, -0.1) is 0 Å². The Kier molecular flexibility index (Phi) is 17.9. The van der Waals surface area contributed by atoms with Crippen molar-refractivity contribution in [2.45, 2.75) is 83.8 Å². The summed E-state index contributed by atoms with van der Waals surface area (Å²) in [4.78, 5) is 79.7. The molecule has 3 aromatic carbocycles. The van der Waals surface area contributed by atoms with E-state index in [2.05, 4.69) is 15.3 Å². The van der Waals surface area contributed by atoms with Gasteiger partial charge in [-0.05, 0) is 93.4 Å². The quantitative estimate of drug-likeness (QED) is 0.0626. The van der Waals surface area contributed by atoms with Crippen molar-refractivity contribution in [1.29, 1.82) is 0 Å². The summed E-state index contributed by atoms with van der Waals surface area (Å²) in [5.41, 5.74) is 19.2. The van der Waals surface area contributed by atoms with Gasteiger partial charge in [0.25, 0.3) is 0 Å². The number of carboxylic acid groups (broad SMARTS) is 1. The zero-order chi connectivity index (χ0) is 49.1. The summed E-state index contributed by atoms with van der Waals surface area (Å²) in [7, 11) is 1.36. The van der Waals surface area contributed by atoms with Crippen molar-refractivity contribution in [3.8, 4) is 45.5 Å². The van der Waals surface area contributed by atoms with Gasteiger partial charge in [-0.25, -0.2) is 14.8 Å². The number of aliphatic carboxylic acids is 1. The number of hydrogen-bond donors (Lipinski definition) is 8. The largest absolute Gasteiger partial charge is 0.504 e. The molecule has 0 fully saturated rings. The number of aromatic nitrogens is 2. The smallest absolute Gasteiger partial charge is 0.326 e. The molecule has 2 heterocycles. The third-order valence-corrected chi connectivity index (χ3v) is 11.3. The summed E-state index contributed by atoms with van der Waals surface area (Å²) in [6, 6.07) is 11.6. The first-order valence-electron chi connectivity index (χ1n) is 22.0. The highest BCUT2D eigenvalue weighted by atomic mass is 16.5. The number of aliphatic hydroxyl groups excluding tert-OH is 2. The maximum Gasteiger partial charge on any atom is 0.326 e. The fourth-order valence-electron chi connectivity index (χ4n) is 7.63. The number of hydrogen-bond acceptors (Lipinski definition) is 16. The molecule has 0 unspecified atom stereocenters. The van der Waals surface area contributed by atoms with Crippen LogP contribution in [0.25, 0.3) is 22.5 Å². The number of carbonyl (C=O) groups excluding carboxylic acids is 4. The van der Waals surface area contributed by atoms with Gasteiger partial charge in [-0.3, -0.25) is 19.2 Å². The van der Waals surface area contributed by atoms with Gasteiger partial charge in [0.1, 0.15) is 49.0 Å². The van der Waals surface area contributed by atoms with E-state index < -0.39 is 84.3 Å². The van der Waals surface area contributed by atoms with Crippen molar-refractivity contribution in [3.05, 3.63) is 83.2 Å². The number of nitrogens with zero attached hydrogens (tertiary/aromatic N) is 3. The van der Waals surface area contributed by atoms with Crippen LogP contribution in [0, 0.1) is 18.8 Å². The number of nitrogens with two attached hydrogens (primary N) is 3. The Balaban J connectivity index is 1.60. The van der Waals surface area contributed by atoms with E-state index in [1.165, 1.54) is 44.4 Å². The fourth-order valence-corrected chi connectivity index (χ4v) is 7.63. The van der Waals surface area contributed by atoms with Crippen LogP contribution in [0.2, 0.25) is 0 Å². The normalized spacial score (nSPS) is 17.7. The number of benzene rings is 3. The molecule has 4 bridgehead atoms. The van der Waals surface area contributed by atoms with Crippen molar-refractivity contribution in [2.24, 2.45) is 29.0 Å². The highest BCUT2D eigenvalue weighted by molar-refractivity contribution is 6.00. The standard InChI is InChI=1S/C48H61N7O12/c1-25(2)67-34-9-7-29(8-10-34)45-52-22-37(27(4)53-45)39(58)18-30(12-13-49)47(62)55(5)43-31-17-36(44(60)42(19-31)66-24-33(57)21-51)35-15-28(6-11-41(35)65-23-32(56)20-50)16-38(48(63)64)54-46(61)26(3)14-40(43)59/h6-11,15,17,19,22,25-26,30,32-33,38,43,56-57,60H,12-14,16,18,20-21,23-24,49-51H2,1-5H3,(H,54,61)(H,63,64)/t26-,30-,32-,33-,38+,43+/m1/s1. The number of phenols is 1. The first-order chi connectivity index (χ1) is 31.8. The molecule has 0 spiro atoms. The molecular weight excluding hydrogens is 867 g/mol. The van der Waals surface area contributed by atoms with Gasteiger partial charge in [0, 0.05) is 74.1 Å². The minimum Gasteiger partial charge on any atom is -0.504 e. The van der Waals surface area contributed by atoms with Crippen LogP contribution in [0.5, 0.6) is 23.0 Å². The lowest BCUT2D eigenvalue weighted by Crippen LogP contribution is -2.45. The number of likely N-dealkylation sites (N-methyl/N-ethyl adjacent to an activating group) is 1. The highest BCUT2D eigenvalue weighted by Crippen LogP contribution is 2.45. The maximum absolute atomic E-state index is 14.8. The first kappa shape index (κ1) is 51.5. The summed E-state index contributed by atoms with van der Waals surface area (Å²) < 4.78 is 17.6. The molecular formula is C48H61N7O12. The number of carboxylic acids is 1. The molecule has 0 aliphatic carbocycles. The van der Waals surface area contributed by atoms with Crippen LogP contribution < -0.4 is 36.7 Å². The summed E-state index contributed by atoms with van der Waals surface area (Å²) >= 11 is 0. The van der Waals surface area contributed by atoms with Gasteiger partial charge >= 0.3 is 5.97 Å². The Morgan fingerprint density at radius 2 is 1.57 bits per heavy atom. The lowest BCUT2D eigenvalue weighted by Gasteiger charge is -2.32. The predicted molar refractivity (Wildman–Crippen MR) is 246 cm³/mol. The molecule has 5 rings (SSSR count). The molecule has 6 atom stereocenters. The number of aliphatic hydroxyl groups is 2. The second-order valence-electron chi connectivity index (χ2n) is 17.0. The van der Waals surface area contributed by atoms with Gasteiger partial charge in [-0.2, -0.15) is 0 Å². The number of fused-ring (bicyclic) bond motifs is 5. The van der Waals surface area contributed by atoms with E-state index in [1.807, 2.05) is 13.8 Å². The number of phenolic OH excluding ortho intramolecular Hbond substituents is 1. The van der Waals surface area contributed by atoms with E-state index in [4.69, 9.17) is 31.4 Å². The number of ketones is 2. The molecule has 1 aliphatic rings. The van der Waals surface area contributed by atoms with Crippen molar-refractivity contribution >= 4 is 29.4 Å². The Morgan fingerprint density at radius 1 is 0.910 bits per heavy atom. The third kappa shape index (κ3) is 13.1. The zero-order valence-electron chi connectivity index (χ0n) is 38.3. The molecule has 19 heteroatoms. The van der Waals surface area contributed by atoms with Crippen molar-refractivity contribution in [3.63, 3.8) is 0 Å². The highest BCUT2D eigenvalue weighted by Gasteiger charge is 2.37. The van der Waals surface area contributed by atoms with E-state index in [0.717, 1.165) is 4.90 Å². The minimum absolute atomic E-state index is 0.000867. The van der Waals surface area contributed by atoms with Gasteiger partial charge in [0.05, 0.1) is 17.4 Å². The SMILES string of the molecule is Cc1nc(-c2ccc(OC(C)C)cc2)ncc1C(=O)C[C@@H](CCN)C(=O)N(C)[C@@H]1C(=O)C[C@@H](C)C(=O)N[C@H](C(=O)O)Cc2ccc(OC[C@H](O)CN)c(c2)-c2cc1cc(OC[C@H](O)CN)c2O. The van der Waals surface area contributed by atoms with Gasteiger partial charge in [-0.1, -0.05) is 13.0 Å². The number of amides is 2. The molecule has 2 amide bonds. The van der Waals surface area contributed by atoms with Gasteiger partial charge in [0.15, 0.2) is 28.9 Å². The Morgan fingerprint density at radius 3 is 2.16 bits per heavy atom. The second-order valence-corrected chi connectivity index (χ2v) is 17.0. The average Bonchev–Trinajstić information content (AvgIpc) is 3.29. The number of nitrogens with one attached hydrogen (secondary N) is 1. The monoisotopic (exact) mass is 927 g/mol. The Labute approximate surface area is 388 Å². The van der Waals surface area contributed by atoms with Crippen LogP contribution in [-0.4, -0.2) is 129 Å². The summed E-state index contributed by atoms with van der Waals surface area (Å²) in [5.74, 6) is -5.57. The summed E-state index contributed by atoms with van der Waals surface area (Å²) in [5, 5.41) is 45.2. The van der Waals surface area contributed by atoms with Crippen LogP contribution in [0.1, 0.15) is 73.3 Å². The lowest BCUT2D eigenvalue weighted by molar-refractivity contribution is -0.144. The molecule has 4 aromatic rings. The third-order valence-electron chi connectivity index (χ3n) is 11.3. The molecule has 11 N–H and O–H groups in total. The van der Waals surface area contributed by atoms with E-state index in [-0.39, 0.29) is 85.4 Å². The van der Waals surface area contributed by atoms with Crippen LogP contribution in [-0.2, 0) is 25.6 Å². The van der Waals surface area contributed by atoms with E-state index in [1.54, 1.807) is 37.3 Å². The summed E-state index contributed by atoms with van der Waals surface area (Å²) in [6.07, 6.45) is -1.87. The topological polar surface area (TPSA) is 313 Å². The van der Waals surface area contributed by atoms with E-state index in [9.17, 15) is 44.4 Å². The molecule has 67 heavy (non-hydrogen) atoms. The van der Waals surface area contributed by atoms with E-state index >= 15 is 0 Å². The average molecular weight is 928 g/mol.